The van der Waals surface area contributed by atoms with Gasteiger partial charge in [0.15, 0.2) is 5.76 Å². The Balaban J connectivity index is 2.11. The van der Waals surface area contributed by atoms with Crippen molar-refractivity contribution in [3.05, 3.63) is 40.9 Å². The average molecular weight is 397 g/mol. The first-order valence-electron chi connectivity index (χ1n) is 10.9. The zero-order valence-electron chi connectivity index (χ0n) is 18.9. The molecule has 0 spiro atoms. The molecule has 0 radical (unpaired) electrons. The fourth-order valence-electron chi connectivity index (χ4n) is 4.11. The van der Waals surface area contributed by atoms with Crippen molar-refractivity contribution in [1.82, 2.24) is 4.98 Å². The molecule has 1 aliphatic carbocycles. The van der Waals surface area contributed by atoms with Crippen LogP contribution in [0, 0.1) is 5.92 Å². The summed E-state index contributed by atoms with van der Waals surface area (Å²) < 4.78 is 5.95. The smallest absolute Gasteiger partial charge is 0.304 e. The molecule has 1 heterocycles. The molecule has 0 aliphatic heterocycles. The molecule has 4 nitrogen and oxygen atoms in total. The summed E-state index contributed by atoms with van der Waals surface area (Å²) in [5, 5.41) is 0. The lowest BCUT2D eigenvalue weighted by atomic mass is 9.79. The van der Waals surface area contributed by atoms with Gasteiger partial charge in [0, 0.05) is 5.56 Å². The van der Waals surface area contributed by atoms with Gasteiger partial charge in [0.25, 0.3) is 5.89 Å². The molecule has 3 rings (SSSR count). The van der Waals surface area contributed by atoms with Crippen molar-refractivity contribution in [3.63, 3.8) is 0 Å². The van der Waals surface area contributed by atoms with Gasteiger partial charge in [0.05, 0.1) is 5.69 Å². The van der Waals surface area contributed by atoms with Crippen LogP contribution >= 0.6 is 0 Å². The lowest BCUT2D eigenvalue weighted by Crippen LogP contribution is -2.16. The van der Waals surface area contributed by atoms with Crippen molar-refractivity contribution < 1.29 is 9.21 Å². The number of oxazole rings is 1. The highest BCUT2D eigenvalue weighted by atomic mass is 16.4. The Morgan fingerprint density at radius 3 is 2.03 bits per heavy atom. The molecule has 0 saturated heterocycles. The van der Waals surface area contributed by atoms with E-state index in [2.05, 4.69) is 64.7 Å². The molecule has 0 atom stereocenters. The Bertz CT molecular complexity index is 843. The van der Waals surface area contributed by atoms with E-state index in [0.29, 0.717) is 11.7 Å². The van der Waals surface area contributed by atoms with Gasteiger partial charge in [-0.2, -0.15) is 0 Å². The molecule has 2 N–H and O–H groups in total. The van der Waals surface area contributed by atoms with Gasteiger partial charge in [-0.15, -0.1) is 0 Å². The van der Waals surface area contributed by atoms with E-state index in [1.165, 1.54) is 43.2 Å². The molecule has 4 heteroatoms. The van der Waals surface area contributed by atoms with Crippen LogP contribution in [0.15, 0.2) is 22.6 Å². The highest BCUT2D eigenvalue weighted by molar-refractivity contribution is 5.88. The van der Waals surface area contributed by atoms with E-state index >= 15 is 0 Å². The lowest BCUT2D eigenvalue weighted by molar-refractivity contribution is 0.0968. The van der Waals surface area contributed by atoms with Crippen LogP contribution in [0.2, 0.25) is 0 Å². The van der Waals surface area contributed by atoms with Crippen LogP contribution in [0.25, 0.3) is 11.3 Å². The number of amides is 1. The molecule has 1 aliphatic rings. The van der Waals surface area contributed by atoms with E-state index in [1.807, 2.05) is 0 Å². The first kappa shape index (κ1) is 21.6. The summed E-state index contributed by atoms with van der Waals surface area (Å²) >= 11 is 0. The molecule has 29 heavy (non-hydrogen) atoms. The fourth-order valence-corrected chi connectivity index (χ4v) is 4.11. The molecule has 1 amide bonds. The minimum absolute atomic E-state index is 0.00603. The van der Waals surface area contributed by atoms with Gasteiger partial charge in [0.2, 0.25) is 0 Å². The van der Waals surface area contributed by atoms with Crippen molar-refractivity contribution in [2.45, 2.75) is 90.9 Å². The van der Waals surface area contributed by atoms with Crippen molar-refractivity contribution >= 4 is 5.91 Å². The van der Waals surface area contributed by atoms with E-state index in [4.69, 9.17) is 10.2 Å². The summed E-state index contributed by atoms with van der Waals surface area (Å²) in [5.74, 6) is 0.718. The monoisotopic (exact) mass is 396 g/mol. The summed E-state index contributed by atoms with van der Waals surface area (Å²) in [6.45, 7) is 13.3. The molecule has 0 bridgehead atoms. The quantitative estimate of drug-likeness (QED) is 0.673. The van der Waals surface area contributed by atoms with E-state index in [1.54, 1.807) is 0 Å². The van der Waals surface area contributed by atoms with Gasteiger partial charge >= 0.3 is 5.91 Å². The number of carbonyl (C=O) groups excluding carboxylic acids is 1. The van der Waals surface area contributed by atoms with Crippen LogP contribution in [0.1, 0.15) is 101 Å². The number of aromatic nitrogens is 1. The second-order valence-electron chi connectivity index (χ2n) is 10.7. The topological polar surface area (TPSA) is 69.1 Å². The predicted octanol–water partition coefficient (Wildman–Crippen LogP) is 6.16. The van der Waals surface area contributed by atoms with E-state index in [0.717, 1.165) is 17.7 Å². The Hall–Kier alpha value is -2.10. The van der Waals surface area contributed by atoms with E-state index in [-0.39, 0.29) is 16.7 Å². The summed E-state index contributed by atoms with van der Waals surface area (Å²) in [5.41, 5.74) is 9.89. The van der Waals surface area contributed by atoms with E-state index in [9.17, 15) is 4.79 Å². The van der Waals surface area contributed by atoms with Crippen LogP contribution in [-0.4, -0.2) is 10.9 Å². The van der Waals surface area contributed by atoms with Gasteiger partial charge < -0.3 is 10.2 Å². The fraction of sp³-hybridized carbons (Fsp3) is 0.600. The summed E-state index contributed by atoms with van der Waals surface area (Å²) in [4.78, 5) is 16.3. The van der Waals surface area contributed by atoms with Gasteiger partial charge in [-0.3, -0.25) is 4.79 Å². The molecular weight excluding hydrogens is 360 g/mol. The summed E-state index contributed by atoms with van der Waals surface area (Å²) in [6.07, 6.45) is 7.14. The molecule has 1 aromatic heterocycles. The largest absolute Gasteiger partial charge is 0.432 e. The zero-order valence-corrected chi connectivity index (χ0v) is 18.9. The van der Waals surface area contributed by atoms with E-state index < -0.39 is 5.91 Å². The van der Waals surface area contributed by atoms with Crippen LogP contribution in [0.3, 0.4) is 0 Å². The standard InChI is InChI=1S/C25H36N2O2/c1-24(2,3)18-13-17(14-19(15-18)25(4,5)6)21-20(27-23(29-21)22(26)28)12-16-10-8-7-9-11-16/h13-16H,7-12H2,1-6H3,(H2,26,28). The highest BCUT2D eigenvalue weighted by Gasteiger charge is 2.26. The molecule has 1 aromatic carbocycles. The van der Waals surface area contributed by atoms with Crippen LogP contribution in [0.4, 0.5) is 0 Å². The Morgan fingerprint density at radius 1 is 1.00 bits per heavy atom. The molecule has 1 saturated carbocycles. The first-order chi connectivity index (χ1) is 13.4. The summed E-state index contributed by atoms with van der Waals surface area (Å²) in [6, 6.07) is 6.66. The number of hydrogen-bond donors (Lipinski definition) is 1. The number of carbonyl (C=O) groups is 1. The van der Waals surface area contributed by atoms with Gasteiger partial charge in [-0.1, -0.05) is 79.7 Å². The van der Waals surface area contributed by atoms with Crippen LogP contribution in [-0.2, 0) is 17.3 Å². The number of primary amides is 1. The highest BCUT2D eigenvalue weighted by Crippen LogP contribution is 2.37. The van der Waals surface area contributed by atoms with Crippen molar-refractivity contribution in [3.8, 4) is 11.3 Å². The predicted molar refractivity (Wildman–Crippen MR) is 118 cm³/mol. The van der Waals surface area contributed by atoms with Gasteiger partial charge in [0.1, 0.15) is 0 Å². The lowest BCUT2D eigenvalue weighted by Gasteiger charge is -2.26. The van der Waals surface area contributed by atoms with Crippen LogP contribution in [0.5, 0.6) is 0 Å². The van der Waals surface area contributed by atoms with Crippen molar-refractivity contribution in [1.29, 1.82) is 0 Å². The third kappa shape index (κ3) is 5.09. The second kappa shape index (κ2) is 7.97. The van der Waals surface area contributed by atoms with Crippen molar-refractivity contribution in [2.24, 2.45) is 11.7 Å². The third-order valence-electron chi connectivity index (χ3n) is 6.04. The Morgan fingerprint density at radius 2 is 1.55 bits per heavy atom. The molecule has 1 fully saturated rings. The Labute approximate surface area is 175 Å². The maximum absolute atomic E-state index is 11.8. The molecular formula is C25H36N2O2. The number of benzene rings is 1. The molecule has 158 valence electrons. The Kier molecular flexibility index (Phi) is 5.93. The number of nitrogens with zero attached hydrogens (tertiary/aromatic N) is 1. The zero-order chi connectivity index (χ0) is 21.4. The average Bonchev–Trinajstić information content (AvgIpc) is 3.05. The summed E-state index contributed by atoms with van der Waals surface area (Å²) in [7, 11) is 0. The van der Waals surface area contributed by atoms with Crippen molar-refractivity contribution in [2.75, 3.05) is 0 Å². The third-order valence-corrected chi connectivity index (χ3v) is 6.04. The maximum atomic E-state index is 11.8. The normalized spacial score (nSPS) is 16.2. The minimum atomic E-state index is -0.607. The van der Waals surface area contributed by atoms with Gasteiger partial charge in [-0.25, -0.2) is 4.98 Å². The second-order valence-corrected chi connectivity index (χ2v) is 10.7. The maximum Gasteiger partial charge on any atom is 0.304 e. The van der Waals surface area contributed by atoms with Crippen LogP contribution < -0.4 is 5.73 Å². The minimum Gasteiger partial charge on any atom is -0.432 e. The van der Waals surface area contributed by atoms with Gasteiger partial charge in [-0.05, 0) is 46.4 Å². The number of rotatable bonds is 4. The molecule has 0 unspecified atom stereocenters. The number of nitrogens with two attached hydrogens (primary N) is 1. The first-order valence-corrected chi connectivity index (χ1v) is 10.9. The molecule has 2 aromatic rings. The SMILES string of the molecule is CC(C)(C)c1cc(-c2oc(C(N)=O)nc2CC2CCCCC2)cc(C(C)(C)C)c1. The number of hydrogen-bond acceptors (Lipinski definition) is 3.